The lowest BCUT2D eigenvalue weighted by Crippen LogP contribution is -2.27. The third kappa shape index (κ3) is 5.41. The smallest absolute Gasteiger partial charge is 0.221 e. The highest BCUT2D eigenvalue weighted by atomic mass is 16.3. The van der Waals surface area contributed by atoms with Gasteiger partial charge in [0.15, 0.2) is 0 Å². The minimum atomic E-state index is 0.0453. The Labute approximate surface area is 100 Å². The van der Waals surface area contributed by atoms with Gasteiger partial charge in [0.05, 0.1) is 18.8 Å². The molecule has 0 aromatic carbocycles. The highest BCUT2D eigenvalue weighted by molar-refractivity contribution is 5.75. The molecule has 17 heavy (non-hydrogen) atoms. The zero-order chi connectivity index (χ0) is 12.5. The Bertz CT molecular complexity index is 339. The molecular formula is C10H19N5O2. The van der Waals surface area contributed by atoms with Crippen LogP contribution in [-0.4, -0.2) is 45.7 Å². The van der Waals surface area contributed by atoms with Crippen molar-refractivity contribution in [2.45, 2.75) is 26.4 Å². The van der Waals surface area contributed by atoms with Crippen molar-refractivity contribution in [3.63, 3.8) is 0 Å². The van der Waals surface area contributed by atoms with Crippen molar-refractivity contribution in [3.05, 3.63) is 11.9 Å². The lowest BCUT2D eigenvalue weighted by molar-refractivity contribution is -0.120. The minimum Gasteiger partial charge on any atom is -0.394 e. The molecule has 0 fully saturated rings. The summed E-state index contributed by atoms with van der Waals surface area (Å²) < 4.78 is 1.58. The average molecular weight is 241 g/mol. The molecule has 0 aliphatic heterocycles. The van der Waals surface area contributed by atoms with E-state index in [1.807, 2.05) is 6.92 Å². The topological polar surface area (TPSA) is 92.1 Å². The number of hydrogen-bond acceptors (Lipinski definition) is 5. The van der Waals surface area contributed by atoms with Gasteiger partial charge in [0, 0.05) is 32.3 Å². The first-order valence-electron chi connectivity index (χ1n) is 5.73. The maximum atomic E-state index is 11.1. The molecule has 0 aliphatic carbocycles. The molecular weight excluding hydrogens is 222 g/mol. The molecule has 0 aliphatic rings. The summed E-state index contributed by atoms with van der Waals surface area (Å²) in [6, 6.07) is 0. The number of nitrogens with zero attached hydrogens (tertiary/aromatic N) is 3. The van der Waals surface area contributed by atoms with Gasteiger partial charge in [0.1, 0.15) is 0 Å². The third-order valence-electron chi connectivity index (χ3n) is 2.12. The number of hydrogen-bond donors (Lipinski definition) is 3. The Morgan fingerprint density at radius 2 is 2.41 bits per heavy atom. The first-order chi connectivity index (χ1) is 8.26. The van der Waals surface area contributed by atoms with Gasteiger partial charge in [0.25, 0.3) is 0 Å². The van der Waals surface area contributed by atoms with Crippen molar-refractivity contribution in [1.29, 1.82) is 0 Å². The molecule has 1 rings (SSSR count). The maximum absolute atomic E-state index is 11.1. The van der Waals surface area contributed by atoms with E-state index in [0.717, 1.165) is 5.69 Å². The second kappa shape index (κ2) is 7.75. The highest BCUT2D eigenvalue weighted by Gasteiger charge is 2.01. The Morgan fingerprint density at radius 3 is 3.12 bits per heavy atom. The fraction of sp³-hybridized carbons (Fsp3) is 0.700. The van der Waals surface area contributed by atoms with Crippen LogP contribution >= 0.6 is 0 Å². The van der Waals surface area contributed by atoms with Crippen molar-refractivity contribution >= 4 is 5.91 Å². The number of nitrogens with one attached hydrogen (secondary N) is 2. The van der Waals surface area contributed by atoms with Gasteiger partial charge in [-0.3, -0.25) is 4.79 Å². The Balaban J connectivity index is 2.15. The first-order valence-corrected chi connectivity index (χ1v) is 5.73. The van der Waals surface area contributed by atoms with Gasteiger partial charge in [-0.15, -0.1) is 5.10 Å². The Hall–Kier alpha value is -1.47. The summed E-state index contributed by atoms with van der Waals surface area (Å²) in [6.45, 7) is 4.24. The van der Waals surface area contributed by atoms with Crippen LogP contribution in [0.5, 0.6) is 0 Å². The number of carbonyl (C=O) groups is 1. The van der Waals surface area contributed by atoms with Gasteiger partial charge in [0.2, 0.25) is 5.91 Å². The number of amides is 1. The second-order valence-electron chi connectivity index (χ2n) is 3.58. The van der Waals surface area contributed by atoms with Crippen LogP contribution in [-0.2, 0) is 17.9 Å². The van der Waals surface area contributed by atoms with E-state index in [1.54, 1.807) is 10.9 Å². The van der Waals surface area contributed by atoms with E-state index in [4.69, 9.17) is 5.11 Å². The Kier molecular flexibility index (Phi) is 6.19. The van der Waals surface area contributed by atoms with E-state index in [0.29, 0.717) is 32.6 Å². The second-order valence-corrected chi connectivity index (χ2v) is 3.58. The van der Waals surface area contributed by atoms with E-state index in [-0.39, 0.29) is 12.5 Å². The molecule has 1 aromatic rings. The zero-order valence-corrected chi connectivity index (χ0v) is 10.0. The van der Waals surface area contributed by atoms with Crippen molar-refractivity contribution in [2.75, 3.05) is 19.7 Å². The van der Waals surface area contributed by atoms with E-state index in [2.05, 4.69) is 20.9 Å². The number of aliphatic hydroxyl groups excluding tert-OH is 1. The number of carbonyl (C=O) groups excluding carboxylic acids is 1. The number of aliphatic hydroxyl groups is 1. The van der Waals surface area contributed by atoms with Crippen LogP contribution in [0, 0.1) is 0 Å². The molecule has 3 N–H and O–H groups in total. The summed E-state index contributed by atoms with van der Waals surface area (Å²) in [4.78, 5) is 11.1. The quantitative estimate of drug-likeness (QED) is 0.502. The number of rotatable bonds is 8. The molecule has 0 bridgehead atoms. The summed E-state index contributed by atoms with van der Waals surface area (Å²) in [7, 11) is 0. The molecule has 0 saturated heterocycles. The molecule has 1 aromatic heterocycles. The molecule has 1 heterocycles. The van der Waals surface area contributed by atoms with Gasteiger partial charge < -0.3 is 15.7 Å². The summed E-state index contributed by atoms with van der Waals surface area (Å²) >= 11 is 0. The van der Waals surface area contributed by atoms with E-state index in [9.17, 15) is 4.79 Å². The highest BCUT2D eigenvalue weighted by Crippen LogP contribution is 1.92. The lowest BCUT2D eigenvalue weighted by atomic mass is 10.3. The van der Waals surface area contributed by atoms with Crippen molar-refractivity contribution in [2.24, 2.45) is 0 Å². The predicted molar refractivity (Wildman–Crippen MR) is 62.1 cm³/mol. The van der Waals surface area contributed by atoms with Crippen LogP contribution in [0.2, 0.25) is 0 Å². The summed E-state index contributed by atoms with van der Waals surface area (Å²) in [5, 5.41) is 22.3. The largest absolute Gasteiger partial charge is 0.394 e. The van der Waals surface area contributed by atoms with Crippen LogP contribution in [0.1, 0.15) is 19.0 Å². The van der Waals surface area contributed by atoms with Gasteiger partial charge in [-0.1, -0.05) is 5.21 Å². The molecule has 0 atom stereocenters. The SMILES string of the molecule is CCNC(=O)CCNCc1cn(CCO)nn1. The van der Waals surface area contributed by atoms with Crippen LogP contribution in [0.25, 0.3) is 0 Å². The summed E-state index contributed by atoms with van der Waals surface area (Å²) in [5.41, 5.74) is 0.800. The maximum Gasteiger partial charge on any atom is 0.221 e. The van der Waals surface area contributed by atoms with Crippen LogP contribution in [0.4, 0.5) is 0 Å². The van der Waals surface area contributed by atoms with Gasteiger partial charge in [-0.05, 0) is 6.92 Å². The third-order valence-corrected chi connectivity index (χ3v) is 2.12. The van der Waals surface area contributed by atoms with E-state index < -0.39 is 0 Å². The predicted octanol–water partition coefficient (Wildman–Crippen LogP) is -1.11. The van der Waals surface area contributed by atoms with Crippen molar-refractivity contribution < 1.29 is 9.90 Å². The minimum absolute atomic E-state index is 0.0453. The standard InChI is InChI=1S/C10H19N5O2/c1-2-12-10(17)3-4-11-7-9-8-15(5-6-16)14-13-9/h8,11,16H,2-7H2,1H3,(H,12,17). The number of aromatic nitrogens is 3. The lowest BCUT2D eigenvalue weighted by Gasteiger charge is -2.02. The van der Waals surface area contributed by atoms with E-state index in [1.165, 1.54) is 0 Å². The fourth-order valence-electron chi connectivity index (χ4n) is 1.34. The zero-order valence-electron chi connectivity index (χ0n) is 10.0. The Morgan fingerprint density at radius 1 is 1.59 bits per heavy atom. The fourth-order valence-corrected chi connectivity index (χ4v) is 1.34. The normalized spacial score (nSPS) is 10.5. The summed E-state index contributed by atoms with van der Waals surface area (Å²) in [5.74, 6) is 0.0453. The van der Waals surface area contributed by atoms with Gasteiger partial charge in [-0.25, -0.2) is 4.68 Å². The van der Waals surface area contributed by atoms with Gasteiger partial charge >= 0.3 is 0 Å². The van der Waals surface area contributed by atoms with Gasteiger partial charge in [-0.2, -0.15) is 0 Å². The molecule has 7 heteroatoms. The molecule has 0 unspecified atom stereocenters. The summed E-state index contributed by atoms with van der Waals surface area (Å²) in [6.07, 6.45) is 2.23. The molecule has 0 saturated carbocycles. The van der Waals surface area contributed by atoms with Crippen LogP contribution in [0.3, 0.4) is 0 Å². The molecule has 96 valence electrons. The van der Waals surface area contributed by atoms with Crippen molar-refractivity contribution in [3.8, 4) is 0 Å². The van der Waals surface area contributed by atoms with Crippen molar-refractivity contribution in [1.82, 2.24) is 25.6 Å². The average Bonchev–Trinajstić information content (AvgIpc) is 2.73. The monoisotopic (exact) mass is 241 g/mol. The molecule has 0 spiro atoms. The first kappa shape index (κ1) is 13.6. The van der Waals surface area contributed by atoms with E-state index >= 15 is 0 Å². The van der Waals surface area contributed by atoms with Crippen LogP contribution in [0.15, 0.2) is 6.20 Å². The molecule has 7 nitrogen and oxygen atoms in total. The molecule has 0 radical (unpaired) electrons. The molecule has 1 amide bonds. The van der Waals surface area contributed by atoms with Crippen LogP contribution < -0.4 is 10.6 Å².